The van der Waals surface area contributed by atoms with Crippen molar-refractivity contribution in [2.45, 2.75) is 89.4 Å². The Hall–Kier alpha value is -4.01. The Labute approximate surface area is 281 Å². The van der Waals surface area contributed by atoms with Gasteiger partial charge in [0, 0.05) is 25.6 Å². The van der Waals surface area contributed by atoms with E-state index in [9.17, 15) is 27.9 Å². The van der Waals surface area contributed by atoms with Gasteiger partial charge < -0.3 is 24.5 Å². The molecule has 1 saturated heterocycles. The SMILES string of the molecule is CC(C)CCN(C(=O)N[C@@H](CCc1ccccc1)C(O)c1nc2cc(S(N)(=O)=O)ccc2o1)C(=O)C1CCN(C(=O)OC(C)(C)C)CC1. The molecule has 0 aliphatic carbocycles. The molecule has 0 bridgehead atoms. The van der Waals surface area contributed by atoms with Crippen LogP contribution in [0.5, 0.6) is 0 Å². The van der Waals surface area contributed by atoms with Gasteiger partial charge in [0.05, 0.1) is 10.9 Å². The molecule has 4 N–H and O–H groups in total. The molecular weight excluding hydrogens is 638 g/mol. The van der Waals surface area contributed by atoms with E-state index < -0.39 is 45.8 Å². The van der Waals surface area contributed by atoms with Crippen LogP contribution in [0.15, 0.2) is 57.8 Å². The summed E-state index contributed by atoms with van der Waals surface area (Å²) in [5, 5.41) is 19.7. The number of benzene rings is 2. The number of primary sulfonamides is 1. The Morgan fingerprint density at radius 3 is 2.38 bits per heavy atom. The number of rotatable bonds is 11. The first kappa shape index (κ1) is 36.8. The topological polar surface area (TPSA) is 185 Å². The number of aliphatic hydroxyl groups excluding tert-OH is 1. The Morgan fingerprint density at radius 1 is 1.10 bits per heavy atom. The lowest BCUT2D eigenvalue weighted by atomic mass is 9.95. The molecule has 13 nitrogen and oxygen atoms in total. The molecule has 48 heavy (non-hydrogen) atoms. The first-order valence-electron chi connectivity index (χ1n) is 16.3. The van der Waals surface area contributed by atoms with Gasteiger partial charge in [0.2, 0.25) is 21.8 Å². The van der Waals surface area contributed by atoms with Gasteiger partial charge in [-0.15, -0.1) is 0 Å². The molecule has 0 spiro atoms. The van der Waals surface area contributed by atoms with E-state index >= 15 is 0 Å². The quantitative estimate of drug-likeness (QED) is 0.256. The smallest absolute Gasteiger partial charge is 0.410 e. The van der Waals surface area contributed by atoms with Crippen molar-refractivity contribution in [2.75, 3.05) is 19.6 Å². The monoisotopic (exact) mass is 685 g/mol. The largest absolute Gasteiger partial charge is 0.444 e. The number of nitrogens with two attached hydrogens (primary N) is 1. The number of carbonyl (C=O) groups excluding carboxylic acids is 3. The number of aliphatic hydroxyl groups is 1. The van der Waals surface area contributed by atoms with E-state index in [4.69, 9.17) is 14.3 Å². The number of hydrogen-bond donors (Lipinski definition) is 3. The minimum Gasteiger partial charge on any atom is -0.444 e. The number of sulfonamides is 1. The van der Waals surface area contributed by atoms with Crippen molar-refractivity contribution < 1.29 is 37.1 Å². The third kappa shape index (κ3) is 10.0. The number of oxazole rings is 1. The lowest BCUT2D eigenvalue weighted by Crippen LogP contribution is -2.53. The number of nitrogens with zero attached hydrogens (tertiary/aromatic N) is 3. The van der Waals surface area contributed by atoms with E-state index in [1.54, 1.807) is 25.7 Å². The normalized spacial score (nSPS) is 15.7. The van der Waals surface area contributed by atoms with Gasteiger partial charge in [-0.25, -0.2) is 28.1 Å². The second-order valence-electron chi connectivity index (χ2n) is 13.7. The fourth-order valence-electron chi connectivity index (χ4n) is 5.47. The lowest BCUT2D eigenvalue weighted by molar-refractivity contribution is -0.134. The summed E-state index contributed by atoms with van der Waals surface area (Å²) in [4.78, 5) is 47.3. The second kappa shape index (κ2) is 15.5. The number of imide groups is 1. The second-order valence-corrected chi connectivity index (χ2v) is 15.2. The molecule has 1 fully saturated rings. The van der Waals surface area contributed by atoms with E-state index in [1.165, 1.54) is 23.1 Å². The number of amides is 4. The Bertz CT molecular complexity index is 1680. The van der Waals surface area contributed by atoms with Gasteiger partial charge in [0.25, 0.3) is 0 Å². The molecule has 2 heterocycles. The Balaban J connectivity index is 1.54. The number of urea groups is 1. The lowest BCUT2D eigenvalue weighted by Gasteiger charge is -2.35. The molecule has 4 rings (SSSR count). The maximum absolute atomic E-state index is 13.9. The maximum Gasteiger partial charge on any atom is 0.410 e. The Kier molecular flexibility index (Phi) is 11.9. The van der Waals surface area contributed by atoms with Gasteiger partial charge in [-0.3, -0.25) is 9.69 Å². The van der Waals surface area contributed by atoms with Crippen LogP contribution in [0.4, 0.5) is 9.59 Å². The molecule has 0 saturated carbocycles. The van der Waals surface area contributed by atoms with E-state index in [-0.39, 0.29) is 46.7 Å². The zero-order valence-corrected chi connectivity index (χ0v) is 29.0. The van der Waals surface area contributed by atoms with Crippen LogP contribution in [0, 0.1) is 11.8 Å². The standard InChI is InChI=1S/C34H47N5O8S/c1-22(2)15-20-39(31(41)24-16-18-38(19-17-24)33(43)47-34(3,4)5)32(42)37-26(13-11-23-9-7-6-8-10-23)29(40)30-36-27-21-25(48(35,44)45)12-14-28(27)46-30/h6-10,12,14,21-22,24,26,29,40H,11,13,15-20H2,1-5H3,(H,37,42)(H2,35,44,45)/t26-,29?/m0/s1. The Morgan fingerprint density at radius 2 is 1.77 bits per heavy atom. The molecular formula is C34H47N5O8S. The molecule has 3 aromatic rings. The van der Waals surface area contributed by atoms with Gasteiger partial charge in [-0.05, 0) is 82.6 Å². The number of piperidine rings is 1. The van der Waals surface area contributed by atoms with Crippen LogP contribution in [0.1, 0.15) is 77.9 Å². The van der Waals surface area contributed by atoms with Crippen LogP contribution in [-0.4, -0.2) is 77.6 Å². The van der Waals surface area contributed by atoms with Crippen molar-refractivity contribution in [3.05, 3.63) is 60.0 Å². The summed E-state index contributed by atoms with van der Waals surface area (Å²) >= 11 is 0. The minimum absolute atomic E-state index is 0.121. The highest BCUT2D eigenvalue weighted by atomic mass is 32.2. The number of ether oxygens (including phenoxy) is 1. The van der Waals surface area contributed by atoms with Crippen LogP contribution in [0.25, 0.3) is 11.1 Å². The summed E-state index contributed by atoms with van der Waals surface area (Å²) in [6, 6.07) is 11.9. The first-order valence-corrected chi connectivity index (χ1v) is 17.8. The van der Waals surface area contributed by atoms with Gasteiger partial charge in [0.1, 0.15) is 11.1 Å². The zero-order chi connectivity index (χ0) is 35.2. The van der Waals surface area contributed by atoms with Crippen molar-refractivity contribution in [3.63, 3.8) is 0 Å². The highest BCUT2D eigenvalue weighted by molar-refractivity contribution is 7.89. The molecule has 1 aliphatic rings. The summed E-state index contributed by atoms with van der Waals surface area (Å²) in [7, 11) is -3.99. The summed E-state index contributed by atoms with van der Waals surface area (Å²) in [6.07, 6.45) is 0.241. The molecule has 1 unspecified atom stereocenters. The number of carbonyl (C=O) groups is 3. The van der Waals surface area contributed by atoms with Gasteiger partial charge in [0.15, 0.2) is 11.7 Å². The fourth-order valence-corrected chi connectivity index (χ4v) is 6.00. The highest BCUT2D eigenvalue weighted by Crippen LogP contribution is 2.27. The summed E-state index contributed by atoms with van der Waals surface area (Å²) < 4.78 is 35.0. The van der Waals surface area contributed by atoms with Crippen molar-refractivity contribution in [1.82, 2.24) is 20.1 Å². The van der Waals surface area contributed by atoms with Crippen LogP contribution in [-0.2, 0) is 26.0 Å². The number of nitrogens with one attached hydrogen (secondary N) is 1. The average molecular weight is 686 g/mol. The fraction of sp³-hybridized carbons (Fsp3) is 0.529. The molecule has 0 radical (unpaired) electrons. The van der Waals surface area contributed by atoms with Crippen LogP contribution >= 0.6 is 0 Å². The molecule has 2 aromatic carbocycles. The summed E-state index contributed by atoms with van der Waals surface area (Å²) in [5.41, 5.74) is 0.748. The van der Waals surface area contributed by atoms with E-state index in [0.29, 0.717) is 38.8 Å². The van der Waals surface area contributed by atoms with Crippen LogP contribution in [0.3, 0.4) is 0 Å². The molecule has 1 aliphatic heterocycles. The van der Waals surface area contributed by atoms with Crippen molar-refractivity contribution in [1.29, 1.82) is 0 Å². The summed E-state index contributed by atoms with van der Waals surface area (Å²) in [6.45, 7) is 10.2. The van der Waals surface area contributed by atoms with Gasteiger partial charge in [-0.1, -0.05) is 44.2 Å². The van der Waals surface area contributed by atoms with Gasteiger partial charge in [-0.2, -0.15) is 0 Å². The highest BCUT2D eigenvalue weighted by Gasteiger charge is 2.36. The molecule has 14 heteroatoms. The van der Waals surface area contributed by atoms with Crippen LogP contribution < -0.4 is 10.5 Å². The first-order chi connectivity index (χ1) is 22.5. The molecule has 262 valence electrons. The molecule has 2 atom stereocenters. The number of fused-ring (bicyclic) bond motifs is 1. The number of hydrogen-bond acceptors (Lipinski definition) is 9. The number of likely N-dealkylation sites (tertiary alicyclic amines) is 1. The zero-order valence-electron chi connectivity index (χ0n) is 28.2. The molecule has 1 aromatic heterocycles. The predicted molar refractivity (Wildman–Crippen MR) is 179 cm³/mol. The molecule has 4 amide bonds. The van der Waals surface area contributed by atoms with Crippen molar-refractivity contribution in [3.8, 4) is 0 Å². The van der Waals surface area contributed by atoms with Crippen LogP contribution in [0.2, 0.25) is 0 Å². The van der Waals surface area contributed by atoms with Gasteiger partial charge >= 0.3 is 12.1 Å². The third-order valence-corrected chi connectivity index (χ3v) is 9.08. The number of aromatic nitrogens is 1. The van der Waals surface area contributed by atoms with Crippen molar-refractivity contribution in [2.24, 2.45) is 17.0 Å². The average Bonchev–Trinajstić information content (AvgIpc) is 3.45. The van der Waals surface area contributed by atoms with Crippen molar-refractivity contribution >= 4 is 39.2 Å². The van der Waals surface area contributed by atoms with E-state index in [2.05, 4.69) is 10.3 Å². The maximum atomic E-state index is 13.9. The third-order valence-electron chi connectivity index (χ3n) is 8.17. The minimum atomic E-state index is -3.99. The van der Waals surface area contributed by atoms with E-state index in [0.717, 1.165) is 5.56 Å². The predicted octanol–water partition coefficient (Wildman–Crippen LogP) is 4.74. The van der Waals surface area contributed by atoms with E-state index in [1.807, 2.05) is 44.2 Å². The summed E-state index contributed by atoms with van der Waals surface area (Å²) in [5.74, 6) is -0.724. The number of aryl methyl sites for hydroxylation is 1.